The second kappa shape index (κ2) is 11.1. The van der Waals surface area contributed by atoms with Crippen molar-refractivity contribution in [2.75, 3.05) is 11.5 Å². The number of rotatable bonds is 9. The second-order valence-corrected chi connectivity index (χ2v) is 8.96. The summed E-state index contributed by atoms with van der Waals surface area (Å²) in [6, 6.07) is 16.8. The maximum atomic E-state index is 13.3. The molecule has 180 valence electrons. The van der Waals surface area contributed by atoms with Crippen LogP contribution in [-0.2, 0) is 22.5 Å². The van der Waals surface area contributed by atoms with E-state index >= 15 is 0 Å². The average molecular weight is 491 g/mol. The van der Waals surface area contributed by atoms with Crippen LogP contribution >= 0.6 is 11.3 Å². The Labute approximate surface area is 206 Å². The van der Waals surface area contributed by atoms with E-state index in [2.05, 4.69) is 15.0 Å². The Hall–Kier alpha value is -3.85. The summed E-state index contributed by atoms with van der Waals surface area (Å²) < 4.78 is 5.13. The zero-order valence-corrected chi connectivity index (χ0v) is 20.4. The van der Waals surface area contributed by atoms with Crippen molar-refractivity contribution in [3.8, 4) is 0 Å². The van der Waals surface area contributed by atoms with Crippen molar-refractivity contribution >= 4 is 39.2 Å². The monoisotopic (exact) mass is 490 g/mol. The number of aromatic amines is 1. The molecule has 1 amide bonds. The highest BCUT2D eigenvalue weighted by atomic mass is 32.1. The number of amides is 1. The first kappa shape index (κ1) is 24.3. The van der Waals surface area contributed by atoms with E-state index in [0.717, 1.165) is 16.9 Å². The molecule has 1 N–H and O–H groups in total. The minimum absolute atomic E-state index is 0.124. The van der Waals surface area contributed by atoms with Gasteiger partial charge in [-0.15, -0.1) is 0 Å². The third kappa shape index (κ3) is 5.81. The maximum absolute atomic E-state index is 13.3. The summed E-state index contributed by atoms with van der Waals surface area (Å²) in [5.41, 5.74) is 1.93. The standard InChI is InChI=1S/C26H26N4O4S/c1-3-34-25(33)23-17(2)27-26(35-23)30(16-18-10-5-4-6-11-18)22(31)15-9-14-21-28-20-13-8-7-12-19(20)24(32)29-21/h4-8,10-13H,3,9,14-16H2,1-2H3,(H,28,29,32). The van der Waals surface area contributed by atoms with E-state index in [9.17, 15) is 14.4 Å². The molecule has 4 rings (SSSR count). The lowest BCUT2D eigenvalue weighted by molar-refractivity contribution is -0.118. The number of nitrogens with zero attached hydrogens (tertiary/aromatic N) is 3. The number of anilines is 1. The molecule has 2 heterocycles. The molecule has 35 heavy (non-hydrogen) atoms. The summed E-state index contributed by atoms with van der Waals surface area (Å²) >= 11 is 1.16. The van der Waals surface area contributed by atoms with Gasteiger partial charge in [-0.25, -0.2) is 14.8 Å². The first-order chi connectivity index (χ1) is 17.0. The fraction of sp³-hybridized carbons (Fsp3) is 0.269. The van der Waals surface area contributed by atoms with E-state index in [4.69, 9.17) is 4.74 Å². The van der Waals surface area contributed by atoms with Crippen LogP contribution in [-0.4, -0.2) is 33.4 Å². The van der Waals surface area contributed by atoms with Crippen LogP contribution in [0.1, 0.15) is 46.5 Å². The lowest BCUT2D eigenvalue weighted by atomic mass is 10.1. The predicted molar refractivity (Wildman–Crippen MR) is 136 cm³/mol. The van der Waals surface area contributed by atoms with E-state index in [1.807, 2.05) is 36.4 Å². The molecule has 0 saturated carbocycles. The molecule has 0 unspecified atom stereocenters. The molecule has 0 bridgehead atoms. The summed E-state index contributed by atoms with van der Waals surface area (Å²) in [5, 5.41) is 0.995. The summed E-state index contributed by atoms with van der Waals surface area (Å²) in [4.78, 5) is 51.7. The maximum Gasteiger partial charge on any atom is 0.350 e. The van der Waals surface area contributed by atoms with Crippen LogP contribution in [0.2, 0.25) is 0 Å². The van der Waals surface area contributed by atoms with Crippen LogP contribution in [0.15, 0.2) is 59.4 Å². The normalized spacial score (nSPS) is 10.9. The lowest BCUT2D eigenvalue weighted by Crippen LogP contribution is -2.30. The van der Waals surface area contributed by atoms with Gasteiger partial charge in [0.1, 0.15) is 10.7 Å². The number of carbonyl (C=O) groups is 2. The van der Waals surface area contributed by atoms with Crippen molar-refractivity contribution in [3.05, 3.63) is 86.9 Å². The lowest BCUT2D eigenvalue weighted by Gasteiger charge is -2.20. The van der Waals surface area contributed by atoms with Crippen molar-refractivity contribution in [1.82, 2.24) is 15.0 Å². The number of hydrogen-bond acceptors (Lipinski definition) is 7. The van der Waals surface area contributed by atoms with Crippen molar-refractivity contribution in [2.45, 2.75) is 39.7 Å². The van der Waals surface area contributed by atoms with Gasteiger partial charge < -0.3 is 9.72 Å². The molecule has 4 aromatic rings. The molecule has 8 nitrogen and oxygen atoms in total. The quantitative estimate of drug-likeness (QED) is 0.348. The molecular weight excluding hydrogens is 464 g/mol. The molecule has 9 heteroatoms. The van der Waals surface area contributed by atoms with Crippen molar-refractivity contribution in [2.24, 2.45) is 0 Å². The van der Waals surface area contributed by atoms with Gasteiger partial charge in [-0.1, -0.05) is 53.8 Å². The van der Waals surface area contributed by atoms with Gasteiger partial charge >= 0.3 is 5.97 Å². The molecule has 0 radical (unpaired) electrons. The SMILES string of the molecule is CCOC(=O)c1sc(N(Cc2ccccc2)C(=O)CCCc2nc3ccccc3c(=O)[nH]2)nc1C. The largest absolute Gasteiger partial charge is 0.462 e. The number of hydrogen-bond donors (Lipinski definition) is 1. The Morgan fingerprint density at radius 2 is 1.80 bits per heavy atom. The highest BCUT2D eigenvalue weighted by Gasteiger charge is 2.24. The highest BCUT2D eigenvalue weighted by Crippen LogP contribution is 2.29. The van der Waals surface area contributed by atoms with Crippen LogP contribution in [0, 0.1) is 6.92 Å². The Morgan fingerprint density at radius 1 is 1.06 bits per heavy atom. The molecule has 0 spiro atoms. The molecule has 0 atom stereocenters. The Bertz CT molecular complexity index is 1400. The molecule has 2 aromatic carbocycles. The molecule has 0 aliphatic rings. The topological polar surface area (TPSA) is 105 Å². The third-order valence-electron chi connectivity index (χ3n) is 5.43. The van der Waals surface area contributed by atoms with Gasteiger partial charge in [0.2, 0.25) is 5.91 Å². The van der Waals surface area contributed by atoms with Crippen LogP contribution in [0.4, 0.5) is 5.13 Å². The van der Waals surface area contributed by atoms with Crippen molar-refractivity contribution in [1.29, 1.82) is 0 Å². The number of benzene rings is 2. The van der Waals surface area contributed by atoms with Gasteiger partial charge in [0, 0.05) is 12.8 Å². The van der Waals surface area contributed by atoms with Gasteiger partial charge in [0.05, 0.1) is 29.7 Å². The summed E-state index contributed by atoms with van der Waals surface area (Å²) in [5.74, 6) is -0.0147. The number of carbonyl (C=O) groups excluding carboxylic acids is 2. The van der Waals surface area contributed by atoms with E-state index in [-0.39, 0.29) is 24.5 Å². The molecule has 0 saturated heterocycles. The summed E-state index contributed by atoms with van der Waals surface area (Å²) in [7, 11) is 0. The number of para-hydroxylation sites is 1. The number of thiazole rings is 1. The van der Waals surface area contributed by atoms with E-state index < -0.39 is 5.97 Å². The van der Waals surface area contributed by atoms with Crippen LogP contribution < -0.4 is 10.5 Å². The Balaban J connectivity index is 1.51. The second-order valence-electron chi connectivity index (χ2n) is 7.98. The van der Waals surface area contributed by atoms with Gasteiger partial charge in [-0.3, -0.25) is 14.5 Å². The van der Waals surface area contributed by atoms with E-state index in [1.165, 1.54) is 0 Å². The van der Waals surface area contributed by atoms with Crippen LogP contribution in [0.5, 0.6) is 0 Å². The van der Waals surface area contributed by atoms with E-state index in [0.29, 0.717) is 51.8 Å². The Morgan fingerprint density at radius 3 is 2.57 bits per heavy atom. The fourth-order valence-corrected chi connectivity index (χ4v) is 4.68. The first-order valence-corrected chi connectivity index (χ1v) is 12.2. The highest BCUT2D eigenvalue weighted by molar-refractivity contribution is 7.17. The predicted octanol–water partition coefficient (Wildman–Crippen LogP) is 4.42. The molecular formula is C26H26N4O4S. The molecule has 2 aromatic heterocycles. The zero-order chi connectivity index (χ0) is 24.8. The number of nitrogens with one attached hydrogen (secondary N) is 1. The Kier molecular flexibility index (Phi) is 7.67. The van der Waals surface area contributed by atoms with E-state index in [1.54, 1.807) is 36.9 Å². The summed E-state index contributed by atoms with van der Waals surface area (Å²) in [6.07, 6.45) is 1.19. The van der Waals surface area contributed by atoms with Crippen LogP contribution in [0.25, 0.3) is 10.9 Å². The van der Waals surface area contributed by atoms with Gasteiger partial charge in [0.25, 0.3) is 5.56 Å². The number of esters is 1. The molecule has 0 aliphatic carbocycles. The summed E-state index contributed by atoms with van der Waals surface area (Å²) in [6.45, 7) is 4.08. The minimum Gasteiger partial charge on any atom is -0.462 e. The number of H-pyrrole nitrogens is 1. The smallest absolute Gasteiger partial charge is 0.350 e. The number of aromatic nitrogens is 3. The fourth-order valence-electron chi connectivity index (χ4n) is 3.71. The number of ether oxygens (including phenoxy) is 1. The molecule has 0 aliphatic heterocycles. The third-order valence-corrected chi connectivity index (χ3v) is 6.59. The van der Waals surface area contributed by atoms with Crippen molar-refractivity contribution in [3.63, 3.8) is 0 Å². The zero-order valence-electron chi connectivity index (χ0n) is 19.6. The minimum atomic E-state index is -0.438. The van der Waals surface area contributed by atoms with Crippen molar-refractivity contribution < 1.29 is 14.3 Å². The number of aryl methyl sites for hydroxylation is 2. The molecule has 0 fully saturated rings. The van der Waals surface area contributed by atoms with Gasteiger partial charge in [0.15, 0.2) is 5.13 Å². The average Bonchev–Trinajstić information content (AvgIpc) is 3.24. The van der Waals surface area contributed by atoms with Crippen LogP contribution in [0.3, 0.4) is 0 Å². The first-order valence-electron chi connectivity index (χ1n) is 11.4. The van der Waals surface area contributed by atoms with Gasteiger partial charge in [-0.2, -0.15) is 0 Å². The van der Waals surface area contributed by atoms with Gasteiger partial charge in [-0.05, 0) is 38.0 Å². The number of fused-ring (bicyclic) bond motifs is 1.